The van der Waals surface area contributed by atoms with E-state index in [1.54, 1.807) is 0 Å². The molecule has 0 fully saturated rings. The Morgan fingerprint density at radius 2 is 1.11 bits per heavy atom. The average molecular weight is 647 g/mol. The van der Waals surface area contributed by atoms with Crippen molar-refractivity contribution in [1.29, 1.82) is 0 Å². The molecule has 0 saturated heterocycles. The summed E-state index contributed by atoms with van der Waals surface area (Å²) in [6, 6.07) is 2.34. The lowest BCUT2D eigenvalue weighted by atomic mass is 9.98. The van der Waals surface area contributed by atoms with Crippen molar-refractivity contribution < 1.29 is 24.0 Å². The summed E-state index contributed by atoms with van der Waals surface area (Å²) in [5, 5.41) is 10.8. The molecule has 5 atom stereocenters. The maximum Gasteiger partial charge on any atom is 0.243 e. The van der Waals surface area contributed by atoms with Gasteiger partial charge in [0.2, 0.25) is 29.5 Å². The zero-order valence-electron chi connectivity index (χ0n) is 27.7. The van der Waals surface area contributed by atoms with Gasteiger partial charge in [0.15, 0.2) is 5.96 Å². The fourth-order valence-electron chi connectivity index (χ4n) is 4.57. The molecule has 0 aliphatic carbocycles. The molecule has 0 aliphatic rings. The first-order chi connectivity index (χ1) is 21.5. The molecule has 15 heteroatoms. The zero-order chi connectivity index (χ0) is 35.0. The molecule has 14 N–H and O–H groups in total. The predicted molar refractivity (Wildman–Crippen MR) is 177 cm³/mol. The van der Waals surface area contributed by atoms with E-state index in [0.29, 0.717) is 13.0 Å². The summed E-state index contributed by atoms with van der Waals surface area (Å²) in [5.41, 5.74) is 29.3. The number of guanidine groups is 1. The Bertz CT molecular complexity index is 1180. The van der Waals surface area contributed by atoms with Crippen LogP contribution < -0.4 is 49.9 Å². The van der Waals surface area contributed by atoms with Gasteiger partial charge in [-0.25, -0.2) is 0 Å². The lowest BCUT2D eigenvalue weighted by molar-refractivity contribution is -0.135. The maximum absolute atomic E-state index is 13.6. The molecule has 0 aromatic heterocycles. The van der Waals surface area contributed by atoms with Crippen LogP contribution in [0.1, 0.15) is 71.4 Å². The van der Waals surface area contributed by atoms with Crippen molar-refractivity contribution in [3.63, 3.8) is 0 Å². The van der Waals surface area contributed by atoms with E-state index < -0.39 is 59.7 Å². The molecule has 0 aliphatic heterocycles. The predicted octanol–water partition coefficient (Wildman–Crippen LogP) is -1.39. The zero-order valence-corrected chi connectivity index (χ0v) is 27.7. The molecule has 258 valence electrons. The molecular formula is C31H54N10O5. The summed E-state index contributed by atoms with van der Waals surface area (Å²) in [5.74, 6) is -3.15. The Morgan fingerprint density at radius 3 is 1.52 bits per heavy atom. The normalized spacial score (nSPS) is 14.4. The molecule has 15 nitrogen and oxygen atoms in total. The number of rotatable bonds is 20. The Labute approximate surface area is 271 Å². The molecule has 0 spiro atoms. The highest BCUT2D eigenvalue weighted by atomic mass is 16.2. The fourth-order valence-corrected chi connectivity index (χ4v) is 4.57. The van der Waals surface area contributed by atoms with Gasteiger partial charge in [0.05, 0.1) is 6.04 Å². The second-order valence-electron chi connectivity index (χ2n) is 12.4. The molecule has 0 saturated carbocycles. The highest BCUT2D eigenvalue weighted by molar-refractivity contribution is 5.95. The Morgan fingerprint density at radius 1 is 0.674 bits per heavy atom. The first-order valence-corrected chi connectivity index (χ1v) is 15.6. The minimum absolute atomic E-state index is 0.00779. The third-order valence-corrected chi connectivity index (χ3v) is 7.03. The standard InChI is InChI=1S/C31H54N10O5/c1-17(2)13-23(28(44)38-22(26(34)42)7-6-12-37-31(35)36)40-29(45)24(14-18(3)4)41-30(46)25(39-27(43)19(5)33)15-20-8-10-21(16-32)11-9-20/h8-11,17-19,22-25H,6-7,12-16,32-33H2,1-5H3,(H2,34,42)(H,38,44)(H,39,43)(H,40,45)(H,41,46)(H4,35,36,37)/t19-,22-,23-,24-,25-/m0/s1. The van der Waals surface area contributed by atoms with E-state index in [4.69, 9.17) is 28.7 Å². The summed E-state index contributed by atoms with van der Waals surface area (Å²) < 4.78 is 0. The van der Waals surface area contributed by atoms with E-state index >= 15 is 0 Å². The number of carbonyl (C=O) groups is 5. The molecular weight excluding hydrogens is 592 g/mol. The van der Waals surface area contributed by atoms with Crippen LogP contribution in [0, 0.1) is 11.8 Å². The van der Waals surface area contributed by atoms with E-state index in [9.17, 15) is 24.0 Å². The highest BCUT2D eigenvalue weighted by Gasteiger charge is 2.32. The molecule has 46 heavy (non-hydrogen) atoms. The van der Waals surface area contributed by atoms with E-state index in [1.165, 1.54) is 6.92 Å². The smallest absolute Gasteiger partial charge is 0.243 e. The van der Waals surface area contributed by atoms with Gasteiger partial charge < -0.3 is 49.9 Å². The van der Waals surface area contributed by atoms with Crippen LogP contribution in [0.5, 0.6) is 0 Å². The molecule has 0 unspecified atom stereocenters. The molecule has 0 bridgehead atoms. The summed E-state index contributed by atoms with van der Waals surface area (Å²) in [6.45, 7) is 9.64. The summed E-state index contributed by atoms with van der Waals surface area (Å²) in [6.07, 6.45) is 1.22. The number of primary amides is 1. The maximum atomic E-state index is 13.6. The monoisotopic (exact) mass is 646 g/mol. The number of carbonyl (C=O) groups excluding carboxylic acids is 5. The minimum atomic E-state index is -1.03. The average Bonchev–Trinajstić information content (AvgIpc) is 2.96. The number of amides is 5. The van der Waals surface area contributed by atoms with Crippen molar-refractivity contribution >= 4 is 35.5 Å². The largest absolute Gasteiger partial charge is 0.370 e. The van der Waals surface area contributed by atoms with E-state index in [-0.39, 0.29) is 50.0 Å². The van der Waals surface area contributed by atoms with Crippen LogP contribution in [-0.4, -0.2) is 72.2 Å². The van der Waals surface area contributed by atoms with Gasteiger partial charge in [-0.1, -0.05) is 52.0 Å². The van der Waals surface area contributed by atoms with E-state index in [0.717, 1.165) is 11.1 Å². The Hall–Kier alpha value is -4.24. The molecule has 0 heterocycles. The highest BCUT2D eigenvalue weighted by Crippen LogP contribution is 2.12. The van der Waals surface area contributed by atoms with Gasteiger partial charge >= 0.3 is 0 Å². The van der Waals surface area contributed by atoms with Crippen molar-refractivity contribution in [2.75, 3.05) is 6.54 Å². The van der Waals surface area contributed by atoms with Gasteiger partial charge in [-0.3, -0.25) is 29.0 Å². The first-order valence-electron chi connectivity index (χ1n) is 15.6. The number of aliphatic imine (C=N–C) groups is 1. The van der Waals surface area contributed by atoms with Crippen LogP contribution in [0.2, 0.25) is 0 Å². The van der Waals surface area contributed by atoms with Crippen molar-refractivity contribution in [2.24, 2.45) is 45.5 Å². The SMILES string of the molecule is CC(C)C[C@H](NC(=O)[C@H](CC(C)C)NC(=O)[C@H](Cc1ccc(CN)cc1)NC(=O)[C@H](C)N)C(=O)N[C@@H](CCCN=C(N)N)C(N)=O. The first kappa shape index (κ1) is 39.8. The quantitative estimate of drug-likeness (QED) is 0.0457. The van der Waals surface area contributed by atoms with Gasteiger partial charge in [0.1, 0.15) is 24.2 Å². The van der Waals surface area contributed by atoms with Crippen LogP contribution in [0.15, 0.2) is 29.3 Å². The Balaban J connectivity index is 3.17. The topological polar surface area (TPSA) is 276 Å². The molecule has 1 aromatic rings. The number of hydrogen-bond donors (Lipinski definition) is 9. The third kappa shape index (κ3) is 15.2. The fraction of sp³-hybridized carbons (Fsp3) is 0.613. The second kappa shape index (κ2) is 20.0. The van der Waals surface area contributed by atoms with Crippen LogP contribution >= 0.6 is 0 Å². The lowest BCUT2D eigenvalue weighted by Gasteiger charge is -2.28. The number of nitrogens with two attached hydrogens (primary N) is 5. The van der Waals surface area contributed by atoms with Crippen molar-refractivity contribution in [3.05, 3.63) is 35.4 Å². The van der Waals surface area contributed by atoms with Gasteiger partial charge in [0, 0.05) is 19.5 Å². The number of benzene rings is 1. The molecule has 5 amide bonds. The summed E-state index contributed by atoms with van der Waals surface area (Å²) in [4.78, 5) is 69.0. The van der Waals surface area contributed by atoms with Crippen LogP contribution in [0.4, 0.5) is 0 Å². The molecule has 0 radical (unpaired) electrons. The third-order valence-electron chi connectivity index (χ3n) is 7.03. The number of hydrogen-bond acceptors (Lipinski definition) is 8. The van der Waals surface area contributed by atoms with Crippen molar-refractivity contribution in [1.82, 2.24) is 21.3 Å². The summed E-state index contributed by atoms with van der Waals surface area (Å²) in [7, 11) is 0. The van der Waals surface area contributed by atoms with E-state index in [2.05, 4.69) is 26.3 Å². The van der Waals surface area contributed by atoms with Gasteiger partial charge in [-0.15, -0.1) is 0 Å². The van der Waals surface area contributed by atoms with Gasteiger partial charge in [-0.2, -0.15) is 0 Å². The second-order valence-corrected chi connectivity index (χ2v) is 12.4. The van der Waals surface area contributed by atoms with Gasteiger partial charge in [0.25, 0.3) is 0 Å². The number of nitrogens with one attached hydrogen (secondary N) is 4. The lowest BCUT2D eigenvalue weighted by Crippen LogP contribution is -2.59. The molecule has 1 rings (SSSR count). The number of nitrogens with zero attached hydrogens (tertiary/aromatic N) is 1. The van der Waals surface area contributed by atoms with Crippen LogP contribution in [0.25, 0.3) is 0 Å². The minimum Gasteiger partial charge on any atom is -0.370 e. The van der Waals surface area contributed by atoms with Crippen LogP contribution in [0.3, 0.4) is 0 Å². The van der Waals surface area contributed by atoms with Crippen molar-refractivity contribution in [3.8, 4) is 0 Å². The Kier molecular flexibility index (Phi) is 17.3. The van der Waals surface area contributed by atoms with E-state index in [1.807, 2.05) is 52.0 Å². The van der Waals surface area contributed by atoms with Crippen LogP contribution in [-0.2, 0) is 36.9 Å². The van der Waals surface area contributed by atoms with Gasteiger partial charge in [-0.05, 0) is 55.6 Å². The molecule has 1 aromatic carbocycles. The van der Waals surface area contributed by atoms with Crippen molar-refractivity contribution in [2.45, 2.75) is 103 Å². The summed E-state index contributed by atoms with van der Waals surface area (Å²) >= 11 is 0.